The lowest BCUT2D eigenvalue weighted by Crippen LogP contribution is -2.60. The summed E-state index contributed by atoms with van der Waals surface area (Å²) >= 11 is 0. The molecule has 0 heterocycles. The molecule has 4 rings (SSSR count). The number of allylic oxidation sites excluding steroid dienone is 1. The molecule has 218 valence electrons. The summed E-state index contributed by atoms with van der Waals surface area (Å²) in [6.45, 7) is 13.2. The van der Waals surface area contributed by atoms with Crippen LogP contribution in [0.5, 0.6) is 0 Å². The lowest BCUT2D eigenvalue weighted by molar-refractivity contribution is -0.153. The number of Topliss-reactive ketones (excluding diaryl/α,β-unsaturated/α-hetero) is 3. The van der Waals surface area contributed by atoms with E-state index in [9.17, 15) is 34.5 Å². The maximum Gasteiger partial charge on any atom is 0.311 e. The van der Waals surface area contributed by atoms with Crippen LogP contribution in [0.3, 0.4) is 0 Å². The molecular formula is C31H46O8. The van der Waals surface area contributed by atoms with E-state index in [0.29, 0.717) is 30.4 Å². The molecule has 4 aliphatic carbocycles. The van der Waals surface area contributed by atoms with E-state index in [2.05, 4.69) is 11.7 Å². The van der Waals surface area contributed by atoms with Crippen LogP contribution in [-0.2, 0) is 23.9 Å². The number of aliphatic hydroxyl groups excluding tert-OH is 3. The smallest absolute Gasteiger partial charge is 0.311 e. The molecule has 0 unspecified atom stereocenters. The van der Waals surface area contributed by atoms with E-state index in [0.717, 1.165) is 0 Å². The van der Waals surface area contributed by atoms with Gasteiger partial charge in [-0.1, -0.05) is 34.6 Å². The Labute approximate surface area is 231 Å². The molecule has 39 heavy (non-hydrogen) atoms. The third-order valence-electron chi connectivity index (χ3n) is 12.0. The van der Waals surface area contributed by atoms with Gasteiger partial charge >= 0.3 is 5.97 Å². The number of ether oxygens (including phenoxy) is 1. The van der Waals surface area contributed by atoms with Crippen LogP contribution in [0.4, 0.5) is 0 Å². The van der Waals surface area contributed by atoms with E-state index in [-0.39, 0.29) is 48.6 Å². The Morgan fingerprint density at radius 2 is 1.69 bits per heavy atom. The fourth-order valence-corrected chi connectivity index (χ4v) is 9.28. The van der Waals surface area contributed by atoms with Crippen LogP contribution in [0.2, 0.25) is 0 Å². The normalized spacial score (nSPS) is 41.7. The number of carbonyl (C=O) groups is 4. The van der Waals surface area contributed by atoms with Gasteiger partial charge < -0.3 is 20.1 Å². The maximum absolute atomic E-state index is 14.1. The van der Waals surface area contributed by atoms with Crippen molar-refractivity contribution in [2.24, 2.45) is 45.3 Å². The Hall–Kier alpha value is -1.90. The predicted molar refractivity (Wildman–Crippen MR) is 143 cm³/mol. The number of methoxy groups -OCH3 is 1. The minimum Gasteiger partial charge on any atom is -0.469 e. The molecule has 0 aromatic carbocycles. The molecule has 2 saturated carbocycles. The van der Waals surface area contributed by atoms with Crippen LogP contribution in [-0.4, -0.2) is 64.1 Å². The molecule has 0 aliphatic heterocycles. The fraction of sp³-hybridized carbons (Fsp3) is 0.806. The van der Waals surface area contributed by atoms with Crippen LogP contribution in [0.15, 0.2) is 11.1 Å². The van der Waals surface area contributed by atoms with Gasteiger partial charge in [-0.25, -0.2) is 0 Å². The van der Waals surface area contributed by atoms with Gasteiger partial charge in [-0.15, -0.1) is 0 Å². The van der Waals surface area contributed by atoms with Crippen molar-refractivity contribution in [3.05, 3.63) is 11.1 Å². The highest BCUT2D eigenvalue weighted by molar-refractivity contribution is 6.05. The molecule has 0 aromatic heterocycles. The van der Waals surface area contributed by atoms with Crippen molar-refractivity contribution in [2.75, 3.05) is 7.11 Å². The van der Waals surface area contributed by atoms with Crippen LogP contribution in [0, 0.1) is 45.3 Å². The fourth-order valence-electron chi connectivity index (χ4n) is 9.28. The molecule has 2 fully saturated rings. The Morgan fingerprint density at radius 3 is 2.28 bits per heavy atom. The number of hydrogen-bond donors (Lipinski definition) is 3. The molecule has 10 atom stereocenters. The van der Waals surface area contributed by atoms with E-state index in [1.54, 1.807) is 0 Å². The van der Waals surface area contributed by atoms with Gasteiger partial charge in [0.15, 0.2) is 11.6 Å². The van der Waals surface area contributed by atoms with Crippen molar-refractivity contribution < 1.29 is 39.2 Å². The number of fused-ring (bicyclic) bond motifs is 4. The van der Waals surface area contributed by atoms with E-state index < -0.39 is 57.6 Å². The van der Waals surface area contributed by atoms with Gasteiger partial charge in [0.25, 0.3) is 0 Å². The van der Waals surface area contributed by atoms with E-state index in [4.69, 9.17) is 0 Å². The molecule has 4 aliphatic rings. The van der Waals surface area contributed by atoms with Crippen LogP contribution in [0.1, 0.15) is 87.0 Å². The van der Waals surface area contributed by atoms with Crippen LogP contribution < -0.4 is 0 Å². The first-order chi connectivity index (χ1) is 17.9. The molecular weight excluding hydrogens is 500 g/mol. The van der Waals surface area contributed by atoms with Crippen LogP contribution >= 0.6 is 0 Å². The van der Waals surface area contributed by atoms with Crippen molar-refractivity contribution in [3.8, 4) is 0 Å². The van der Waals surface area contributed by atoms with Crippen molar-refractivity contribution in [1.29, 1.82) is 0 Å². The highest BCUT2D eigenvalue weighted by atomic mass is 16.5. The highest BCUT2D eigenvalue weighted by Crippen LogP contribution is 2.70. The first-order valence-electron chi connectivity index (χ1n) is 14.4. The number of esters is 1. The van der Waals surface area contributed by atoms with Crippen molar-refractivity contribution in [1.82, 2.24) is 0 Å². The monoisotopic (exact) mass is 546 g/mol. The molecule has 0 bridgehead atoms. The summed E-state index contributed by atoms with van der Waals surface area (Å²) in [7, 11) is 1.20. The zero-order valence-corrected chi connectivity index (χ0v) is 24.7. The summed E-state index contributed by atoms with van der Waals surface area (Å²) in [5, 5.41) is 32.9. The molecule has 3 N–H and O–H groups in total. The second-order valence-electron chi connectivity index (χ2n) is 14.2. The summed E-state index contributed by atoms with van der Waals surface area (Å²) in [5.41, 5.74) is -1.78. The first-order valence-corrected chi connectivity index (χ1v) is 14.4. The van der Waals surface area contributed by atoms with Gasteiger partial charge in [0.2, 0.25) is 0 Å². The number of aliphatic hydroxyl groups is 3. The molecule has 0 amide bonds. The summed E-state index contributed by atoms with van der Waals surface area (Å²) in [5.74, 6) is -3.03. The largest absolute Gasteiger partial charge is 0.469 e. The molecule has 8 heteroatoms. The molecule has 0 saturated heterocycles. The van der Waals surface area contributed by atoms with Gasteiger partial charge in [0.05, 0.1) is 30.7 Å². The Balaban J connectivity index is 1.72. The van der Waals surface area contributed by atoms with Gasteiger partial charge in [0, 0.05) is 24.8 Å². The summed E-state index contributed by atoms with van der Waals surface area (Å²) in [6, 6.07) is 0. The van der Waals surface area contributed by atoms with Crippen molar-refractivity contribution in [2.45, 2.75) is 105 Å². The zero-order valence-electron chi connectivity index (χ0n) is 24.7. The Bertz CT molecular complexity index is 1120. The summed E-state index contributed by atoms with van der Waals surface area (Å²) in [4.78, 5) is 52.9. The number of hydrogen-bond acceptors (Lipinski definition) is 8. The number of ketones is 3. The molecule has 0 radical (unpaired) electrons. The third-order valence-corrected chi connectivity index (χ3v) is 12.0. The summed E-state index contributed by atoms with van der Waals surface area (Å²) in [6.07, 6.45) is -1.21. The summed E-state index contributed by atoms with van der Waals surface area (Å²) < 4.78 is 4.66. The predicted octanol–water partition coefficient (Wildman–Crippen LogP) is 3.19. The van der Waals surface area contributed by atoms with Crippen molar-refractivity contribution in [3.63, 3.8) is 0 Å². The molecule has 0 aromatic rings. The lowest BCUT2D eigenvalue weighted by atomic mass is 9.42. The van der Waals surface area contributed by atoms with Gasteiger partial charge in [-0.05, 0) is 72.7 Å². The number of rotatable bonds is 6. The van der Waals surface area contributed by atoms with Crippen molar-refractivity contribution >= 4 is 23.3 Å². The topological polar surface area (TPSA) is 138 Å². The second kappa shape index (κ2) is 9.59. The highest BCUT2D eigenvalue weighted by Gasteiger charge is 2.70. The van der Waals surface area contributed by atoms with E-state index in [1.807, 2.05) is 34.6 Å². The second-order valence-corrected chi connectivity index (χ2v) is 14.2. The molecule has 0 spiro atoms. The van der Waals surface area contributed by atoms with Gasteiger partial charge in [-0.2, -0.15) is 0 Å². The third kappa shape index (κ3) is 4.03. The average Bonchev–Trinajstić information content (AvgIpc) is 3.07. The van der Waals surface area contributed by atoms with E-state index in [1.165, 1.54) is 14.0 Å². The van der Waals surface area contributed by atoms with Crippen LogP contribution in [0.25, 0.3) is 0 Å². The standard InChI is InChI=1S/C31H46O8/c1-15(11-19(33)26(37)16(2)27(38)39-8)17-12-23(36)31(7)25-18(32)13-21-28(3,4)22(35)9-10-29(21,5)24(25)20(34)14-30(17,31)6/h15-18,21-22,26,32,35,37H,9-14H2,1-8H3/t15-,16+,17-,18+,21+,22+,26-,29+,30-,31+/m1/s1. The first kappa shape index (κ1) is 30.1. The van der Waals surface area contributed by atoms with E-state index >= 15 is 0 Å². The Kier molecular flexibility index (Phi) is 7.39. The average molecular weight is 547 g/mol. The van der Waals surface area contributed by atoms with Gasteiger partial charge in [-0.3, -0.25) is 19.2 Å². The van der Waals surface area contributed by atoms with Gasteiger partial charge in [0.1, 0.15) is 11.9 Å². The minimum atomic E-state index is -1.51. The SMILES string of the molecule is COC(=O)[C@@H](C)[C@@H](O)C(=O)C[C@@H](C)[C@H]1CC(=O)[C@@]2(C)C3=C(C(=O)C[C@]12C)[C@@]1(C)CC[C@H](O)C(C)(C)[C@@H]1C[C@@H]3O. The molecule has 8 nitrogen and oxygen atoms in total. The quantitative estimate of drug-likeness (QED) is 0.432. The number of carbonyl (C=O) groups excluding carboxylic acids is 4. The lowest BCUT2D eigenvalue weighted by Gasteiger charge is -2.61. The minimum absolute atomic E-state index is 0.0334. The Morgan fingerprint density at radius 1 is 1.08 bits per heavy atom. The zero-order chi connectivity index (χ0) is 29.5. The maximum atomic E-state index is 14.1.